The van der Waals surface area contributed by atoms with Crippen LogP contribution in [0.2, 0.25) is 0 Å². The summed E-state index contributed by atoms with van der Waals surface area (Å²) in [6.45, 7) is 1.34. The summed E-state index contributed by atoms with van der Waals surface area (Å²) in [7, 11) is 0. The van der Waals surface area contributed by atoms with E-state index >= 15 is 0 Å². The van der Waals surface area contributed by atoms with Gasteiger partial charge in [-0.05, 0) is 25.1 Å². The van der Waals surface area contributed by atoms with Gasteiger partial charge in [0.1, 0.15) is 29.8 Å². The molecular weight excluding hydrogens is 311 g/mol. The Balaban J connectivity index is 2.60. The minimum absolute atomic E-state index is 0.0735. The molecule has 1 atom stereocenters. The fourth-order valence-electron chi connectivity index (χ4n) is 2.27. The number of halogens is 1. The minimum Gasteiger partial charge on any atom is -0.507 e. The Bertz CT molecular complexity index is 905. The van der Waals surface area contributed by atoms with Gasteiger partial charge >= 0.3 is 0 Å². The molecule has 118 valence electrons. The van der Waals surface area contributed by atoms with E-state index in [4.69, 9.17) is 10.5 Å². The quantitative estimate of drug-likeness (QED) is 0.715. The fourth-order valence-corrected chi connectivity index (χ4v) is 2.27. The Kier molecular flexibility index (Phi) is 4.37. The SMILES string of the molecule is CC1(O)NC(=C(C#N)C#N)C(C#N)=C1/C=C/c1cc(F)ccc1O. The molecule has 1 aromatic carbocycles. The number of benzene rings is 1. The first-order valence-electron chi connectivity index (χ1n) is 6.71. The monoisotopic (exact) mass is 322 g/mol. The standard InChI is InChI=1S/C17H11FN4O2/c1-17(24)14(4-2-10-6-12(18)3-5-15(10)23)13(9-21)16(22-17)11(7-19)8-20/h2-6,22-24H,1H3/b4-2+. The molecule has 7 heteroatoms. The third-order valence-corrected chi connectivity index (χ3v) is 3.42. The van der Waals surface area contributed by atoms with E-state index in [9.17, 15) is 19.9 Å². The molecule has 1 aliphatic rings. The van der Waals surface area contributed by atoms with Gasteiger partial charge in [-0.3, -0.25) is 0 Å². The normalized spacial score (nSPS) is 19.6. The van der Waals surface area contributed by atoms with Gasteiger partial charge in [0.2, 0.25) is 0 Å². The van der Waals surface area contributed by atoms with Gasteiger partial charge in [0, 0.05) is 11.1 Å². The van der Waals surface area contributed by atoms with Crippen LogP contribution in [-0.4, -0.2) is 15.9 Å². The van der Waals surface area contributed by atoms with Crippen LogP contribution in [0.1, 0.15) is 12.5 Å². The van der Waals surface area contributed by atoms with Crippen LogP contribution >= 0.6 is 0 Å². The molecule has 0 aromatic heterocycles. The third kappa shape index (κ3) is 2.96. The molecule has 0 fully saturated rings. The maximum Gasteiger partial charge on any atom is 0.160 e. The lowest BCUT2D eigenvalue weighted by Crippen LogP contribution is -2.38. The van der Waals surface area contributed by atoms with E-state index in [0.29, 0.717) is 0 Å². The first kappa shape index (κ1) is 16.8. The molecule has 1 aliphatic heterocycles. The number of nitrogens with one attached hydrogen (secondary N) is 1. The zero-order valence-electron chi connectivity index (χ0n) is 12.5. The highest BCUT2D eigenvalue weighted by atomic mass is 19.1. The van der Waals surface area contributed by atoms with Gasteiger partial charge in [-0.15, -0.1) is 0 Å². The van der Waals surface area contributed by atoms with Gasteiger partial charge in [-0.2, -0.15) is 15.8 Å². The number of phenolic OH excluding ortho intramolecular Hbond substituents is 1. The number of phenols is 1. The number of hydrogen-bond donors (Lipinski definition) is 3. The van der Waals surface area contributed by atoms with Crippen molar-refractivity contribution in [3.63, 3.8) is 0 Å². The summed E-state index contributed by atoms with van der Waals surface area (Å²) in [6.07, 6.45) is 2.64. The number of nitrogens with zero attached hydrogens (tertiary/aromatic N) is 3. The Labute approximate surface area is 137 Å². The number of aliphatic hydroxyl groups is 1. The van der Waals surface area contributed by atoms with Crippen LogP contribution in [0, 0.1) is 39.8 Å². The van der Waals surface area contributed by atoms with Gasteiger partial charge in [0.15, 0.2) is 11.3 Å². The Morgan fingerprint density at radius 3 is 2.50 bits per heavy atom. The fraction of sp³-hybridized carbons (Fsp3) is 0.118. The van der Waals surface area contributed by atoms with Crippen molar-refractivity contribution in [2.24, 2.45) is 0 Å². The predicted molar refractivity (Wildman–Crippen MR) is 81.7 cm³/mol. The lowest BCUT2D eigenvalue weighted by atomic mass is 10.0. The number of rotatable bonds is 2. The second-order valence-electron chi connectivity index (χ2n) is 5.11. The molecule has 0 amide bonds. The van der Waals surface area contributed by atoms with E-state index in [0.717, 1.165) is 12.1 Å². The van der Waals surface area contributed by atoms with Crippen LogP contribution < -0.4 is 5.32 Å². The molecule has 0 spiro atoms. The molecule has 1 heterocycles. The Morgan fingerprint density at radius 1 is 1.25 bits per heavy atom. The van der Waals surface area contributed by atoms with Crippen LogP contribution in [0.15, 0.2) is 46.7 Å². The Hall–Kier alpha value is -3.60. The average Bonchev–Trinajstić information content (AvgIpc) is 2.79. The third-order valence-electron chi connectivity index (χ3n) is 3.42. The lowest BCUT2D eigenvalue weighted by Gasteiger charge is -2.20. The van der Waals surface area contributed by atoms with E-state index in [1.165, 1.54) is 25.1 Å². The van der Waals surface area contributed by atoms with E-state index < -0.39 is 11.5 Å². The summed E-state index contributed by atoms with van der Waals surface area (Å²) in [5.74, 6) is -0.738. The van der Waals surface area contributed by atoms with Gasteiger partial charge in [0.05, 0.1) is 11.3 Å². The van der Waals surface area contributed by atoms with Crippen LogP contribution in [0.5, 0.6) is 5.75 Å². The van der Waals surface area contributed by atoms with E-state index in [1.54, 1.807) is 12.1 Å². The summed E-state index contributed by atoms with van der Waals surface area (Å²) in [5.41, 5.74) is -1.97. The highest BCUT2D eigenvalue weighted by Gasteiger charge is 2.38. The second kappa shape index (κ2) is 6.26. The molecule has 3 N–H and O–H groups in total. The summed E-state index contributed by atoms with van der Waals surface area (Å²) < 4.78 is 13.3. The summed E-state index contributed by atoms with van der Waals surface area (Å²) in [4.78, 5) is 0. The average molecular weight is 322 g/mol. The van der Waals surface area contributed by atoms with Gasteiger partial charge in [-0.25, -0.2) is 4.39 Å². The zero-order chi connectivity index (χ0) is 17.9. The van der Waals surface area contributed by atoms with Crippen molar-refractivity contribution >= 4 is 6.08 Å². The predicted octanol–water partition coefficient (Wildman–Crippen LogP) is 1.98. The molecule has 6 nitrogen and oxygen atoms in total. The van der Waals surface area contributed by atoms with Crippen LogP contribution in [0.4, 0.5) is 4.39 Å². The maximum absolute atomic E-state index is 13.3. The molecule has 0 radical (unpaired) electrons. The van der Waals surface area contributed by atoms with Crippen LogP contribution in [0.25, 0.3) is 6.08 Å². The lowest BCUT2D eigenvalue weighted by molar-refractivity contribution is 0.0851. The molecule has 24 heavy (non-hydrogen) atoms. The summed E-state index contributed by atoms with van der Waals surface area (Å²) in [6, 6.07) is 8.50. The van der Waals surface area contributed by atoms with Crippen molar-refractivity contribution in [2.45, 2.75) is 12.6 Å². The first-order valence-corrected chi connectivity index (χ1v) is 6.71. The summed E-state index contributed by atoms with van der Waals surface area (Å²) in [5, 5.41) is 49.9. The first-order chi connectivity index (χ1) is 11.3. The molecular formula is C17H11FN4O2. The molecule has 0 bridgehead atoms. The van der Waals surface area contributed by atoms with E-state index in [2.05, 4.69) is 5.32 Å². The Morgan fingerprint density at radius 2 is 1.92 bits per heavy atom. The van der Waals surface area contributed by atoms with Gasteiger partial charge in [-0.1, -0.05) is 12.2 Å². The van der Waals surface area contributed by atoms with Crippen molar-refractivity contribution in [1.82, 2.24) is 5.32 Å². The zero-order valence-corrected chi connectivity index (χ0v) is 12.5. The van der Waals surface area contributed by atoms with Crippen molar-refractivity contribution in [3.05, 3.63) is 58.1 Å². The summed E-state index contributed by atoms with van der Waals surface area (Å²) >= 11 is 0. The molecule has 0 saturated heterocycles. The molecule has 1 aromatic rings. The maximum atomic E-state index is 13.3. The van der Waals surface area contributed by atoms with Gasteiger partial charge < -0.3 is 15.5 Å². The smallest absolute Gasteiger partial charge is 0.160 e. The number of nitriles is 3. The van der Waals surface area contributed by atoms with Gasteiger partial charge in [0.25, 0.3) is 0 Å². The van der Waals surface area contributed by atoms with Crippen LogP contribution in [0.3, 0.4) is 0 Å². The number of aromatic hydroxyl groups is 1. The number of hydrogen-bond acceptors (Lipinski definition) is 6. The largest absolute Gasteiger partial charge is 0.507 e. The highest BCUT2D eigenvalue weighted by Crippen LogP contribution is 2.33. The molecule has 0 saturated carbocycles. The van der Waals surface area contributed by atoms with E-state index in [-0.39, 0.29) is 33.7 Å². The van der Waals surface area contributed by atoms with Crippen molar-refractivity contribution < 1.29 is 14.6 Å². The highest BCUT2D eigenvalue weighted by molar-refractivity contribution is 5.67. The minimum atomic E-state index is -1.71. The second-order valence-corrected chi connectivity index (χ2v) is 5.11. The van der Waals surface area contributed by atoms with Crippen molar-refractivity contribution in [2.75, 3.05) is 0 Å². The topological polar surface area (TPSA) is 124 Å². The van der Waals surface area contributed by atoms with E-state index in [1.807, 2.05) is 6.07 Å². The molecule has 1 unspecified atom stereocenters. The van der Waals surface area contributed by atoms with Crippen LogP contribution in [-0.2, 0) is 0 Å². The molecule has 0 aliphatic carbocycles. The van der Waals surface area contributed by atoms with Crippen molar-refractivity contribution in [3.8, 4) is 24.0 Å². The molecule has 2 rings (SSSR count). The number of allylic oxidation sites excluding steroid dienone is 2. The van der Waals surface area contributed by atoms with Crippen molar-refractivity contribution in [1.29, 1.82) is 15.8 Å².